The van der Waals surface area contributed by atoms with E-state index in [9.17, 15) is 22.4 Å². The average Bonchev–Trinajstić information content (AvgIpc) is 2.70. The zero-order valence-electron chi connectivity index (χ0n) is 16.7. The van der Waals surface area contributed by atoms with E-state index in [1.54, 1.807) is 31.2 Å². The Balaban J connectivity index is 1.77. The van der Waals surface area contributed by atoms with E-state index < -0.39 is 24.8 Å². The van der Waals surface area contributed by atoms with Gasteiger partial charge in [0.25, 0.3) is 0 Å². The fraction of sp³-hybridized carbons (Fsp3) is 0.130. The number of carboxylic acid groups (broad SMARTS) is 1. The van der Waals surface area contributed by atoms with Crippen LogP contribution in [0, 0.1) is 12.7 Å². The lowest BCUT2D eigenvalue weighted by atomic mass is 9.99. The maximum Gasteiger partial charge on any atom is 0.573 e. The highest BCUT2D eigenvalue weighted by Gasteiger charge is 2.31. The van der Waals surface area contributed by atoms with Crippen molar-refractivity contribution in [3.05, 3.63) is 77.6 Å². The Bertz CT molecular complexity index is 1160. The van der Waals surface area contributed by atoms with Gasteiger partial charge in [-0.1, -0.05) is 24.3 Å². The summed E-state index contributed by atoms with van der Waals surface area (Å²) in [6.45, 7) is 1.02. The number of hydrogen-bond acceptors (Lipinski definition) is 4. The molecule has 0 atom stereocenters. The van der Waals surface area contributed by atoms with E-state index >= 15 is 0 Å². The van der Waals surface area contributed by atoms with Crippen molar-refractivity contribution in [3.63, 3.8) is 0 Å². The molecule has 0 spiro atoms. The number of aliphatic imine (C=N–C) groups is 1. The van der Waals surface area contributed by atoms with E-state index in [0.29, 0.717) is 16.8 Å². The number of aryl methyl sites for hydroxylation is 1. The molecule has 0 saturated carbocycles. The van der Waals surface area contributed by atoms with Crippen molar-refractivity contribution in [2.24, 2.45) is 4.99 Å². The molecule has 9 heteroatoms. The van der Waals surface area contributed by atoms with Crippen LogP contribution < -0.4 is 9.47 Å². The van der Waals surface area contributed by atoms with Crippen molar-refractivity contribution in [1.29, 1.82) is 0 Å². The first kappa shape index (κ1) is 22.8. The summed E-state index contributed by atoms with van der Waals surface area (Å²) in [6.07, 6.45) is -3.25. The summed E-state index contributed by atoms with van der Waals surface area (Å²) in [4.78, 5) is 14.7. The number of aliphatic carboxylic acids is 1. The van der Waals surface area contributed by atoms with Crippen molar-refractivity contribution in [3.8, 4) is 22.6 Å². The average molecular weight is 447 g/mol. The molecule has 1 N–H and O–H groups in total. The van der Waals surface area contributed by atoms with E-state index in [4.69, 9.17) is 9.84 Å². The highest BCUT2D eigenvalue weighted by Crippen LogP contribution is 2.30. The lowest BCUT2D eigenvalue weighted by Gasteiger charge is -2.12. The molecule has 0 unspecified atom stereocenters. The summed E-state index contributed by atoms with van der Waals surface area (Å²) >= 11 is 0. The summed E-state index contributed by atoms with van der Waals surface area (Å²) in [6, 6.07) is 15.1. The normalized spacial score (nSPS) is 11.5. The molecule has 166 valence electrons. The lowest BCUT2D eigenvalue weighted by molar-refractivity contribution is -0.274. The third-order valence-corrected chi connectivity index (χ3v) is 4.26. The van der Waals surface area contributed by atoms with Crippen molar-refractivity contribution in [2.45, 2.75) is 13.3 Å². The van der Waals surface area contributed by atoms with Crippen LogP contribution >= 0.6 is 0 Å². The summed E-state index contributed by atoms with van der Waals surface area (Å²) < 4.78 is 60.0. The molecule has 0 aliphatic rings. The van der Waals surface area contributed by atoms with Gasteiger partial charge in [0.05, 0.1) is 5.69 Å². The third kappa shape index (κ3) is 6.31. The van der Waals surface area contributed by atoms with Gasteiger partial charge in [-0.25, -0.2) is 9.18 Å². The van der Waals surface area contributed by atoms with Gasteiger partial charge in [0.1, 0.15) is 5.75 Å². The van der Waals surface area contributed by atoms with Gasteiger partial charge in [-0.2, -0.15) is 0 Å². The molecule has 0 amide bonds. The topological polar surface area (TPSA) is 68.1 Å². The largest absolute Gasteiger partial charge is 0.573 e. The standard InChI is InChI=1S/C23H17F4NO4/c1-14-9-18(32-23(25,26)27)6-7-19(14)16-4-2-3-15(10-16)12-28-17-5-8-21(20(24)11-17)31-13-22(29)30/h2-12H,13H2,1H3,(H,29,30). The number of nitrogens with zero attached hydrogens (tertiary/aromatic N) is 1. The third-order valence-electron chi connectivity index (χ3n) is 4.26. The van der Waals surface area contributed by atoms with Crippen LogP contribution in [0.5, 0.6) is 11.5 Å². The Kier molecular flexibility index (Phi) is 6.77. The predicted octanol–water partition coefficient (Wildman–Crippen LogP) is 5.91. The molecule has 0 saturated heterocycles. The Morgan fingerprint density at radius 3 is 2.53 bits per heavy atom. The van der Waals surface area contributed by atoms with Gasteiger partial charge in [0.2, 0.25) is 0 Å². The van der Waals surface area contributed by atoms with Crippen molar-refractivity contribution in [1.82, 2.24) is 0 Å². The number of halogens is 4. The predicted molar refractivity (Wildman–Crippen MR) is 110 cm³/mol. The number of benzene rings is 3. The maximum atomic E-state index is 14.0. The van der Waals surface area contributed by atoms with Crippen LogP contribution in [0.15, 0.2) is 65.7 Å². The molecule has 5 nitrogen and oxygen atoms in total. The molecule has 0 aliphatic heterocycles. The molecule has 3 aromatic carbocycles. The molecule has 0 fully saturated rings. The van der Waals surface area contributed by atoms with E-state index in [0.717, 1.165) is 17.2 Å². The number of carbonyl (C=O) groups is 1. The van der Waals surface area contributed by atoms with Crippen LogP contribution in [0.2, 0.25) is 0 Å². The molecule has 0 heterocycles. The molecular formula is C23H17F4NO4. The van der Waals surface area contributed by atoms with Gasteiger partial charge in [0.15, 0.2) is 18.2 Å². The Labute approximate surface area is 180 Å². The van der Waals surface area contributed by atoms with E-state index in [-0.39, 0.29) is 11.5 Å². The smallest absolute Gasteiger partial charge is 0.479 e. The van der Waals surface area contributed by atoms with Crippen LogP contribution in [0.1, 0.15) is 11.1 Å². The first-order valence-electron chi connectivity index (χ1n) is 9.26. The Morgan fingerprint density at radius 1 is 1.09 bits per heavy atom. The number of hydrogen-bond donors (Lipinski definition) is 1. The second-order valence-electron chi connectivity index (χ2n) is 6.71. The summed E-state index contributed by atoms with van der Waals surface area (Å²) in [5.41, 5.74) is 3.05. The second kappa shape index (κ2) is 9.51. The van der Waals surface area contributed by atoms with Crippen molar-refractivity contribution in [2.75, 3.05) is 6.61 Å². The molecule has 0 bridgehead atoms. The van der Waals surface area contributed by atoms with Crippen molar-refractivity contribution < 1.29 is 36.9 Å². The number of rotatable bonds is 7. The zero-order chi connectivity index (χ0) is 23.3. The highest BCUT2D eigenvalue weighted by atomic mass is 19.4. The quantitative estimate of drug-likeness (QED) is 0.361. The minimum absolute atomic E-state index is 0.193. The van der Waals surface area contributed by atoms with Crippen molar-refractivity contribution >= 4 is 17.9 Å². The molecule has 0 aromatic heterocycles. The van der Waals surface area contributed by atoms with Crippen LogP contribution in [0.25, 0.3) is 11.1 Å². The van der Waals surface area contributed by atoms with Gasteiger partial charge < -0.3 is 14.6 Å². The molecule has 32 heavy (non-hydrogen) atoms. The minimum Gasteiger partial charge on any atom is -0.479 e. The number of ether oxygens (including phenoxy) is 2. The molecule has 3 aromatic rings. The van der Waals surface area contributed by atoms with E-state index in [1.165, 1.54) is 36.5 Å². The Hall–Kier alpha value is -3.88. The lowest BCUT2D eigenvalue weighted by Crippen LogP contribution is -2.17. The van der Waals surface area contributed by atoms with Gasteiger partial charge in [-0.15, -0.1) is 13.2 Å². The van der Waals surface area contributed by atoms with Crippen LogP contribution in [-0.2, 0) is 4.79 Å². The fourth-order valence-electron chi connectivity index (χ4n) is 2.92. The fourth-order valence-corrected chi connectivity index (χ4v) is 2.92. The van der Waals surface area contributed by atoms with E-state index in [1.807, 2.05) is 0 Å². The molecule has 3 rings (SSSR count). The van der Waals surface area contributed by atoms with Gasteiger partial charge in [-0.3, -0.25) is 4.99 Å². The molecule has 0 radical (unpaired) electrons. The van der Waals surface area contributed by atoms with Gasteiger partial charge in [0, 0.05) is 12.3 Å². The number of alkyl halides is 3. The zero-order valence-corrected chi connectivity index (χ0v) is 16.7. The number of carboxylic acids is 1. The van der Waals surface area contributed by atoms with Gasteiger partial charge in [-0.05, 0) is 59.5 Å². The van der Waals surface area contributed by atoms with Crippen LogP contribution in [0.4, 0.5) is 23.2 Å². The minimum atomic E-state index is -4.76. The van der Waals surface area contributed by atoms with Gasteiger partial charge >= 0.3 is 12.3 Å². The summed E-state index contributed by atoms with van der Waals surface area (Å²) in [5, 5.41) is 8.59. The molecule has 0 aliphatic carbocycles. The first-order chi connectivity index (χ1) is 15.1. The SMILES string of the molecule is Cc1cc(OC(F)(F)F)ccc1-c1cccc(C=Nc2ccc(OCC(=O)O)c(F)c2)c1. The highest BCUT2D eigenvalue weighted by molar-refractivity contribution is 5.85. The van der Waals surface area contributed by atoms with Crippen LogP contribution in [0.3, 0.4) is 0 Å². The second-order valence-corrected chi connectivity index (χ2v) is 6.71. The Morgan fingerprint density at radius 2 is 1.88 bits per heavy atom. The monoisotopic (exact) mass is 447 g/mol. The van der Waals surface area contributed by atoms with E-state index in [2.05, 4.69) is 9.73 Å². The first-order valence-corrected chi connectivity index (χ1v) is 9.26. The summed E-state index contributed by atoms with van der Waals surface area (Å²) in [5.74, 6) is -2.45. The van der Waals surface area contributed by atoms with Crippen LogP contribution in [-0.4, -0.2) is 30.3 Å². The maximum absolute atomic E-state index is 14.0. The summed E-state index contributed by atoms with van der Waals surface area (Å²) in [7, 11) is 0. The molecular weight excluding hydrogens is 430 g/mol.